The molecule has 1 aliphatic rings. The summed E-state index contributed by atoms with van der Waals surface area (Å²) in [6.07, 6.45) is 7.30. The minimum atomic E-state index is 0.613. The maximum absolute atomic E-state index is 2.52. The van der Waals surface area contributed by atoms with E-state index in [4.69, 9.17) is 0 Å². The van der Waals surface area contributed by atoms with Crippen LogP contribution < -0.4 is 0 Å². The van der Waals surface area contributed by atoms with Gasteiger partial charge in [-0.1, -0.05) is 193 Å². The van der Waals surface area contributed by atoms with Gasteiger partial charge in [-0.25, -0.2) is 0 Å². The van der Waals surface area contributed by atoms with E-state index in [-0.39, 0.29) is 0 Å². The summed E-state index contributed by atoms with van der Waals surface area (Å²) in [7, 11) is 0. The number of benzene rings is 9. The molecule has 1 aliphatic carbocycles. The Balaban J connectivity index is 0.000000787. The summed E-state index contributed by atoms with van der Waals surface area (Å²) in [5.74, 6) is 0.613. The van der Waals surface area contributed by atoms with Crippen LogP contribution in [0.2, 0.25) is 0 Å². The van der Waals surface area contributed by atoms with Crippen LogP contribution in [-0.2, 0) is 6.42 Å². The topological polar surface area (TPSA) is 0 Å². The SMILES string of the molecule is CC.CCCC.CCCc1cc(-c2cc3ccccc3c3ccccc23)ccc1-c1cc(-c2ccc(-c3cc4ccccc4c4ccccc34)cc2C2CC2)c(C)cc1C. The lowest BCUT2D eigenvalue weighted by Gasteiger charge is -2.20. The monoisotopic (exact) mass is 780 g/mol. The zero-order chi connectivity index (χ0) is 41.8. The minimum absolute atomic E-state index is 0.613. The zero-order valence-corrected chi connectivity index (χ0v) is 36.8. The highest BCUT2D eigenvalue weighted by atomic mass is 14.3. The highest BCUT2D eigenvalue weighted by molar-refractivity contribution is 6.15. The summed E-state index contributed by atoms with van der Waals surface area (Å²) >= 11 is 0. The van der Waals surface area contributed by atoms with E-state index in [1.54, 1.807) is 0 Å². The minimum Gasteiger partial charge on any atom is -0.0683 e. The fraction of sp³-hybridized carbons (Fsp3) is 0.233. The number of aryl methyl sites for hydroxylation is 3. The van der Waals surface area contributed by atoms with Crippen LogP contribution >= 0.6 is 0 Å². The smallest absolute Gasteiger partial charge is 0.00989 e. The molecule has 0 unspecified atom stereocenters. The van der Waals surface area contributed by atoms with E-state index in [0.717, 1.165) is 12.8 Å². The summed E-state index contributed by atoms with van der Waals surface area (Å²) in [5.41, 5.74) is 16.3. The van der Waals surface area contributed by atoms with Crippen molar-refractivity contribution >= 4 is 43.1 Å². The Morgan fingerprint density at radius 3 is 1.33 bits per heavy atom. The lowest BCUT2D eigenvalue weighted by Crippen LogP contribution is -1.97. The van der Waals surface area contributed by atoms with Gasteiger partial charge in [0.05, 0.1) is 0 Å². The van der Waals surface area contributed by atoms with Gasteiger partial charge in [0.2, 0.25) is 0 Å². The molecule has 0 saturated heterocycles. The van der Waals surface area contributed by atoms with Gasteiger partial charge in [-0.3, -0.25) is 0 Å². The first-order chi connectivity index (χ1) is 29.5. The fourth-order valence-corrected chi connectivity index (χ4v) is 9.23. The third-order valence-corrected chi connectivity index (χ3v) is 12.5. The molecule has 0 aromatic heterocycles. The molecule has 10 rings (SSSR count). The molecule has 0 radical (unpaired) electrons. The van der Waals surface area contributed by atoms with Crippen molar-refractivity contribution in [2.75, 3.05) is 0 Å². The zero-order valence-electron chi connectivity index (χ0n) is 36.8. The van der Waals surface area contributed by atoms with Crippen LogP contribution in [0.4, 0.5) is 0 Å². The molecule has 60 heavy (non-hydrogen) atoms. The highest BCUT2D eigenvalue weighted by Gasteiger charge is 2.28. The first-order valence-electron chi connectivity index (χ1n) is 22.7. The van der Waals surface area contributed by atoms with Crippen molar-refractivity contribution in [3.8, 4) is 44.5 Å². The molecule has 0 heterocycles. The first-order valence-corrected chi connectivity index (χ1v) is 22.7. The first kappa shape index (κ1) is 40.8. The van der Waals surface area contributed by atoms with E-state index in [9.17, 15) is 0 Å². The van der Waals surface area contributed by atoms with Crippen LogP contribution in [0.15, 0.2) is 158 Å². The molecule has 0 bridgehead atoms. The van der Waals surface area contributed by atoms with E-state index in [1.807, 2.05) is 13.8 Å². The van der Waals surface area contributed by atoms with Crippen LogP contribution in [0.3, 0.4) is 0 Å². The van der Waals surface area contributed by atoms with Crippen molar-refractivity contribution in [1.29, 1.82) is 0 Å². The molecular formula is C60H60. The average molecular weight is 781 g/mol. The summed E-state index contributed by atoms with van der Waals surface area (Å²) < 4.78 is 0. The molecular weight excluding hydrogens is 721 g/mol. The van der Waals surface area contributed by atoms with Gasteiger partial charge in [-0.2, -0.15) is 0 Å². The van der Waals surface area contributed by atoms with Gasteiger partial charge in [-0.05, 0) is 167 Å². The Morgan fingerprint density at radius 2 is 0.833 bits per heavy atom. The third-order valence-electron chi connectivity index (χ3n) is 12.5. The van der Waals surface area contributed by atoms with Crippen molar-refractivity contribution in [2.24, 2.45) is 0 Å². The summed E-state index contributed by atoms with van der Waals surface area (Å²) in [5, 5.41) is 10.5. The largest absolute Gasteiger partial charge is 0.0683 e. The Kier molecular flexibility index (Phi) is 12.3. The molecule has 9 aromatic rings. The second kappa shape index (κ2) is 18.1. The molecule has 0 atom stereocenters. The molecule has 300 valence electrons. The van der Waals surface area contributed by atoms with Crippen LogP contribution in [0.25, 0.3) is 87.6 Å². The number of rotatable bonds is 8. The van der Waals surface area contributed by atoms with E-state index in [1.165, 1.54) is 136 Å². The molecule has 0 aliphatic heterocycles. The van der Waals surface area contributed by atoms with E-state index >= 15 is 0 Å². The lowest BCUT2D eigenvalue weighted by atomic mass is 9.84. The fourth-order valence-electron chi connectivity index (χ4n) is 9.23. The Hall–Kier alpha value is -5.98. The second-order valence-electron chi connectivity index (χ2n) is 16.6. The molecule has 1 fully saturated rings. The van der Waals surface area contributed by atoms with Crippen molar-refractivity contribution in [2.45, 2.75) is 92.9 Å². The molecule has 0 heteroatoms. The molecule has 9 aromatic carbocycles. The molecule has 0 N–H and O–H groups in total. The number of fused-ring (bicyclic) bond motifs is 6. The summed E-state index contributed by atoms with van der Waals surface area (Å²) in [6.45, 7) is 15.3. The normalized spacial score (nSPS) is 12.3. The standard InChI is InChI=1S/C54H44.C4H10.C2H6/c1-4-13-37-29-40(53-30-38-14-5-7-16-42(38)45-18-9-11-20-47(45)53)24-26-44(37)50-33-51(35(3)28-34(50)2)49-27-25-41(32-52(49)36-22-23-36)54-31-39-15-6-8-17-43(39)46-19-10-12-21-48(46)54;1-3-4-2;1-2/h5-12,14-21,24-33,36H,4,13,22-23H2,1-3H3;3-4H2,1-2H3;1-2H3. The third kappa shape index (κ3) is 7.89. The van der Waals surface area contributed by atoms with Gasteiger partial charge >= 0.3 is 0 Å². The van der Waals surface area contributed by atoms with Crippen LogP contribution in [0.5, 0.6) is 0 Å². The van der Waals surface area contributed by atoms with Crippen LogP contribution in [-0.4, -0.2) is 0 Å². The summed E-state index contributed by atoms with van der Waals surface area (Å²) in [6, 6.07) is 59.7. The lowest BCUT2D eigenvalue weighted by molar-refractivity contribution is 0.886. The van der Waals surface area contributed by atoms with Gasteiger partial charge in [0, 0.05) is 0 Å². The molecule has 0 nitrogen and oxygen atoms in total. The Bertz CT molecular complexity index is 2950. The predicted molar refractivity (Wildman–Crippen MR) is 266 cm³/mol. The number of unbranched alkanes of at least 4 members (excludes halogenated alkanes) is 1. The van der Waals surface area contributed by atoms with Gasteiger partial charge in [-0.15, -0.1) is 0 Å². The predicted octanol–water partition coefficient (Wildman–Crippen LogP) is 18.2. The second-order valence-corrected chi connectivity index (χ2v) is 16.6. The number of hydrogen-bond donors (Lipinski definition) is 0. The summed E-state index contributed by atoms with van der Waals surface area (Å²) in [4.78, 5) is 0. The van der Waals surface area contributed by atoms with Gasteiger partial charge in [0.1, 0.15) is 0 Å². The van der Waals surface area contributed by atoms with E-state index in [0.29, 0.717) is 5.92 Å². The Morgan fingerprint density at radius 1 is 0.383 bits per heavy atom. The quantitative estimate of drug-likeness (QED) is 0.135. The highest BCUT2D eigenvalue weighted by Crippen LogP contribution is 2.48. The van der Waals surface area contributed by atoms with Crippen molar-refractivity contribution in [3.05, 3.63) is 180 Å². The van der Waals surface area contributed by atoms with Crippen molar-refractivity contribution in [1.82, 2.24) is 0 Å². The van der Waals surface area contributed by atoms with Gasteiger partial charge < -0.3 is 0 Å². The van der Waals surface area contributed by atoms with E-state index in [2.05, 4.69) is 192 Å². The number of hydrogen-bond acceptors (Lipinski definition) is 0. The molecule has 1 saturated carbocycles. The van der Waals surface area contributed by atoms with Gasteiger partial charge in [0.15, 0.2) is 0 Å². The van der Waals surface area contributed by atoms with Crippen LogP contribution in [0.1, 0.15) is 94.9 Å². The maximum Gasteiger partial charge on any atom is -0.00989 e. The van der Waals surface area contributed by atoms with Gasteiger partial charge in [0.25, 0.3) is 0 Å². The molecule has 0 amide bonds. The maximum atomic E-state index is 2.52. The van der Waals surface area contributed by atoms with E-state index < -0.39 is 0 Å². The van der Waals surface area contributed by atoms with Crippen LogP contribution in [0, 0.1) is 13.8 Å². The average Bonchev–Trinajstić information content (AvgIpc) is 4.16. The van der Waals surface area contributed by atoms with Crippen molar-refractivity contribution in [3.63, 3.8) is 0 Å². The van der Waals surface area contributed by atoms with Crippen molar-refractivity contribution < 1.29 is 0 Å². The molecule has 0 spiro atoms. The Labute approximate surface area is 359 Å².